The highest BCUT2D eigenvalue weighted by Gasteiger charge is 2.15. The molecule has 0 aliphatic carbocycles. The Hall–Kier alpha value is -0.750. The summed E-state index contributed by atoms with van der Waals surface area (Å²) in [5.74, 6) is 7.34. The highest BCUT2D eigenvalue weighted by atomic mass is 32.2. The summed E-state index contributed by atoms with van der Waals surface area (Å²) in [7, 11) is 1.22. The summed E-state index contributed by atoms with van der Waals surface area (Å²) in [6.45, 7) is 7.09. The number of ether oxygens (including phenoxy) is 3. The molecule has 0 amide bonds. The Bertz CT molecular complexity index is 404. The second kappa shape index (κ2) is 15.3. The van der Waals surface area contributed by atoms with Crippen LogP contribution in [0.4, 0.5) is 0 Å². The zero-order valence-electron chi connectivity index (χ0n) is 15.9. The highest BCUT2D eigenvalue weighted by molar-refractivity contribution is 7.85. The molecule has 154 valence electrons. The van der Waals surface area contributed by atoms with Gasteiger partial charge in [-0.1, -0.05) is 0 Å². The van der Waals surface area contributed by atoms with Gasteiger partial charge in [0.15, 0.2) is 0 Å². The van der Waals surface area contributed by atoms with Gasteiger partial charge in [0.2, 0.25) is 0 Å². The molecule has 0 atom stereocenters. The first-order valence-corrected chi connectivity index (χ1v) is 10.5. The standard InChI is InChI=1S/C16H35N5O4S/c1-19-2-6-23-8-10-25-11-9-24-7-3-21(18)15-16(17)14-20-4-12-26(22)13-5-20/h15,19H,2-14,17-18H2,1H3/b16-15-. The minimum absolute atomic E-state index is 0.505. The second-order valence-corrected chi connectivity index (χ2v) is 7.70. The molecule has 1 aliphatic rings. The van der Waals surface area contributed by atoms with Crippen LogP contribution in [-0.2, 0) is 25.0 Å². The molecule has 1 saturated heterocycles. The minimum atomic E-state index is -0.671. The fraction of sp³-hybridized carbons (Fsp3) is 0.875. The molecule has 0 aromatic heterocycles. The van der Waals surface area contributed by atoms with E-state index in [1.54, 1.807) is 6.20 Å². The van der Waals surface area contributed by atoms with Crippen LogP contribution in [0.5, 0.6) is 0 Å². The Morgan fingerprint density at radius 1 is 1.12 bits per heavy atom. The Morgan fingerprint density at radius 2 is 1.69 bits per heavy atom. The lowest BCUT2D eigenvalue weighted by Crippen LogP contribution is -2.40. The van der Waals surface area contributed by atoms with Crippen LogP contribution < -0.4 is 16.9 Å². The van der Waals surface area contributed by atoms with Crippen molar-refractivity contribution in [2.24, 2.45) is 11.6 Å². The number of hydrogen-bond donors (Lipinski definition) is 3. The largest absolute Gasteiger partial charge is 0.400 e. The van der Waals surface area contributed by atoms with Gasteiger partial charge in [0.05, 0.1) is 46.2 Å². The van der Waals surface area contributed by atoms with Crippen molar-refractivity contribution in [3.8, 4) is 0 Å². The van der Waals surface area contributed by atoms with E-state index in [1.807, 2.05) is 7.05 Å². The van der Waals surface area contributed by atoms with Gasteiger partial charge in [0.1, 0.15) is 0 Å². The average molecular weight is 394 g/mol. The summed E-state index contributed by atoms with van der Waals surface area (Å²) in [5.41, 5.74) is 6.71. The number of nitrogens with two attached hydrogens (primary N) is 2. The summed E-state index contributed by atoms with van der Waals surface area (Å²) >= 11 is 0. The van der Waals surface area contributed by atoms with Crippen LogP contribution in [0.15, 0.2) is 11.9 Å². The molecule has 0 bridgehead atoms. The van der Waals surface area contributed by atoms with Crippen molar-refractivity contribution >= 4 is 10.8 Å². The SMILES string of the molecule is CNCCOCCOCCOCCN(N)/C=C(\N)CN1CCS(=O)CC1. The molecule has 1 fully saturated rings. The molecule has 0 spiro atoms. The first kappa shape index (κ1) is 23.3. The number of hydrogen-bond acceptors (Lipinski definition) is 9. The number of hydrazine groups is 1. The molecule has 0 radical (unpaired) electrons. The number of nitrogens with zero attached hydrogens (tertiary/aromatic N) is 2. The average Bonchev–Trinajstić information content (AvgIpc) is 2.61. The predicted molar refractivity (Wildman–Crippen MR) is 104 cm³/mol. The van der Waals surface area contributed by atoms with Crippen molar-refractivity contribution in [1.29, 1.82) is 0 Å². The van der Waals surface area contributed by atoms with Gasteiger partial charge in [0, 0.05) is 60.4 Å². The maximum absolute atomic E-state index is 11.3. The lowest BCUT2D eigenvalue weighted by Gasteiger charge is -2.26. The van der Waals surface area contributed by atoms with Crippen LogP contribution >= 0.6 is 0 Å². The maximum atomic E-state index is 11.3. The Kier molecular flexibility index (Phi) is 13.7. The van der Waals surface area contributed by atoms with E-state index in [9.17, 15) is 4.21 Å². The first-order chi connectivity index (χ1) is 12.6. The zero-order chi connectivity index (χ0) is 19.0. The Labute approximate surface area is 159 Å². The second-order valence-electron chi connectivity index (χ2n) is 6.01. The molecule has 1 aliphatic heterocycles. The fourth-order valence-electron chi connectivity index (χ4n) is 2.30. The van der Waals surface area contributed by atoms with Crippen LogP contribution in [0.1, 0.15) is 0 Å². The molecule has 9 nitrogen and oxygen atoms in total. The minimum Gasteiger partial charge on any atom is -0.400 e. The van der Waals surface area contributed by atoms with E-state index in [1.165, 1.54) is 5.01 Å². The molecule has 26 heavy (non-hydrogen) atoms. The van der Waals surface area contributed by atoms with E-state index >= 15 is 0 Å². The summed E-state index contributed by atoms with van der Waals surface area (Å²) in [6.07, 6.45) is 1.73. The predicted octanol–water partition coefficient (Wildman–Crippen LogP) is -1.70. The molecule has 5 N–H and O–H groups in total. The molecule has 0 saturated carbocycles. The van der Waals surface area contributed by atoms with Gasteiger partial charge in [-0.3, -0.25) is 9.11 Å². The van der Waals surface area contributed by atoms with Gasteiger partial charge in [-0.25, -0.2) is 5.84 Å². The van der Waals surface area contributed by atoms with E-state index in [4.69, 9.17) is 25.8 Å². The van der Waals surface area contributed by atoms with Crippen LogP contribution in [0.2, 0.25) is 0 Å². The number of rotatable bonds is 15. The van der Waals surface area contributed by atoms with Crippen molar-refractivity contribution < 1.29 is 18.4 Å². The Morgan fingerprint density at radius 3 is 2.31 bits per heavy atom. The third-order valence-corrected chi connectivity index (χ3v) is 5.02. The molecular formula is C16H35N5O4S. The quantitative estimate of drug-likeness (QED) is 0.170. The topological polar surface area (TPSA) is 115 Å². The third kappa shape index (κ3) is 12.6. The van der Waals surface area contributed by atoms with Gasteiger partial charge in [-0.2, -0.15) is 0 Å². The first-order valence-electron chi connectivity index (χ1n) is 9.04. The smallest absolute Gasteiger partial charge is 0.0701 e. The van der Waals surface area contributed by atoms with Crippen molar-refractivity contribution in [1.82, 2.24) is 15.2 Å². The van der Waals surface area contributed by atoms with E-state index in [0.717, 1.165) is 31.1 Å². The summed E-state index contributed by atoms with van der Waals surface area (Å²) < 4.78 is 27.6. The van der Waals surface area contributed by atoms with Gasteiger partial charge >= 0.3 is 0 Å². The van der Waals surface area contributed by atoms with Crippen molar-refractivity contribution in [2.45, 2.75) is 0 Å². The van der Waals surface area contributed by atoms with Crippen LogP contribution in [0.3, 0.4) is 0 Å². The molecular weight excluding hydrogens is 358 g/mol. The molecule has 0 unspecified atom stereocenters. The monoisotopic (exact) mass is 393 g/mol. The highest BCUT2D eigenvalue weighted by Crippen LogP contribution is 2.02. The van der Waals surface area contributed by atoms with E-state index in [-0.39, 0.29) is 0 Å². The Balaban J connectivity index is 1.95. The number of nitrogens with one attached hydrogen (secondary N) is 1. The van der Waals surface area contributed by atoms with Gasteiger partial charge in [-0.05, 0) is 7.05 Å². The van der Waals surface area contributed by atoms with Gasteiger partial charge in [0.25, 0.3) is 0 Å². The molecule has 0 aromatic rings. The number of likely N-dealkylation sites (N-methyl/N-ethyl adjacent to an activating group) is 1. The third-order valence-electron chi connectivity index (χ3n) is 3.74. The molecule has 0 aromatic carbocycles. The van der Waals surface area contributed by atoms with E-state index < -0.39 is 10.8 Å². The molecule has 10 heteroatoms. The van der Waals surface area contributed by atoms with Crippen molar-refractivity contribution in [2.75, 3.05) is 90.9 Å². The fourth-order valence-corrected chi connectivity index (χ4v) is 3.42. The van der Waals surface area contributed by atoms with Gasteiger partial charge < -0.3 is 30.3 Å². The van der Waals surface area contributed by atoms with E-state index in [0.29, 0.717) is 58.4 Å². The van der Waals surface area contributed by atoms with Crippen LogP contribution in [0.25, 0.3) is 0 Å². The molecule has 1 heterocycles. The van der Waals surface area contributed by atoms with E-state index in [2.05, 4.69) is 10.2 Å². The summed E-state index contributed by atoms with van der Waals surface area (Å²) in [6, 6.07) is 0. The normalized spacial score (nSPS) is 16.9. The molecule has 1 rings (SSSR count). The van der Waals surface area contributed by atoms with Gasteiger partial charge in [-0.15, -0.1) is 0 Å². The summed E-state index contributed by atoms with van der Waals surface area (Å²) in [4.78, 5) is 2.19. The van der Waals surface area contributed by atoms with Crippen LogP contribution in [0, 0.1) is 0 Å². The van der Waals surface area contributed by atoms with Crippen LogP contribution in [-0.4, -0.2) is 105 Å². The van der Waals surface area contributed by atoms with Crippen molar-refractivity contribution in [3.05, 3.63) is 11.9 Å². The zero-order valence-corrected chi connectivity index (χ0v) is 16.7. The lowest BCUT2D eigenvalue weighted by atomic mass is 10.4. The maximum Gasteiger partial charge on any atom is 0.0701 e. The summed E-state index contributed by atoms with van der Waals surface area (Å²) in [5, 5.41) is 4.55. The lowest BCUT2D eigenvalue weighted by molar-refractivity contribution is 0.0129. The van der Waals surface area contributed by atoms with Crippen molar-refractivity contribution in [3.63, 3.8) is 0 Å².